The van der Waals surface area contributed by atoms with Crippen molar-refractivity contribution >= 4 is 0 Å². The molecule has 0 spiro atoms. The zero-order valence-electron chi connectivity index (χ0n) is 6.52. The summed E-state index contributed by atoms with van der Waals surface area (Å²) in [6, 6.07) is 0. The van der Waals surface area contributed by atoms with Gasteiger partial charge in [0.1, 0.15) is 5.83 Å². The molecule has 0 atom stereocenters. The third-order valence-electron chi connectivity index (χ3n) is 1.76. The molecule has 11 heavy (non-hydrogen) atoms. The predicted octanol–water partition coefficient (Wildman–Crippen LogP) is 1.57. The molecule has 1 rings (SSSR count). The van der Waals surface area contributed by atoms with E-state index in [1.54, 1.807) is 6.08 Å². The van der Waals surface area contributed by atoms with Crippen LogP contribution in [0.4, 0.5) is 4.39 Å². The first-order chi connectivity index (χ1) is 5.33. The largest absolute Gasteiger partial charge is 0.295 e. The zero-order valence-corrected chi connectivity index (χ0v) is 6.52. The monoisotopic (exact) mass is 153 g/mol. The molecule has 60 valence electrons. The van der Waals surface area contributed by atoms with Gasteiger partial charge in [0, 0.05) is 26.1 Å². The molecule has 0 unspecified atom stereocenters. The highest BCUT2D eigenvalue weighted by Crippen LogP contribution is 2.09. The van der Waals surface area contributed by atoms with Gasteiger partial charge in [0.05, 0.1) is 0 Å². The summed E-state index contributed by atoms with van der Waals surface area (Å²) in [5, 5.41) is 0. The van der Waals surface area contributed by atoms with E-state index >= 15 is 0 Å². The van der Waals surface area contributed by atoms with Gasteiger partial charge in [-0.2, -0.15) is 0 Å². The number of halogens is 1. The molecule has 0 fully saturated rings. The molecule has 0 N–H and O–H groups in total. The van der Waals surface area contributed by atoms with Gasteiger partial charge in [0.15, 0.2) is 0 Å². The zero-order chi connectivity index (χ0) is 8.10. The minimum absolute atomic E-state index is 0.0201. The fraction of sp³-hybridized carbons (Fsp3) is 0.556. The molecule has 0 aromatic carbocycles. The Bertz CT molecular complexity index is 190. The van der Waals surface area contributed by atoms with Crippen LogP contribution in [0.15, 0.2) is 11.9 Å². The maximum absolute atomic E-state index is 12.6. The quantitative estimate of drug-likeness (QED) is 0.544. The SMILES string of the molecule is C#CCCN1CCC=C(F)C1. The molecule has 1 aliphatic rings. The van der Waals surface area contributed by atoms with Crippen LogP contribution in [-0.4, -0.2) is 24.5 Å². The number of rotatable bonds is 2. The summed E-state index contributed by atoms with van der Waals surface area (Å²) in [7, 11) is 0. The first-order valence-corrected chi connectivity index (χ1v) is 3.83. The van der Waals surface area contributed by atoms with Crippen LogP contribution < -0.4 is 0 Å². The number of terminal acetylenes is 1. The molecule has 0 saturated heterocycles. The van der Waals surface area contributed by atoms with E-state index in [0.29, 0.717) is 13.0 Å². The smallest absolute Gasteiger partial charge is 0.110 e. The van der Waals surface area contributed by atoms with Crippen LogP contribution in [0.2, 0.25) is 0 Å². The van der Waals surface area contributed by atoms with Crippen LogP contribution in [-0.2, 0) is 0 Å². The Hall–Kier alpha value is -0.810. The fourth-order valence-electron chi connectivity index (χ4n) is 1.17. The van der Waals surface area contributed by atoms with Gasteiger partial charge in [-0.15, -0.1) is 12.3 Å². The van der Waals surface area contributed by atoms with Crippen molar-refractivity contribution in [3.05, 3.63) is 11.9 Å². The van der Waals surface area contributed by atoms with E-state index in [0.717, 1.165) is 19.5 Å². The second-order valence-electron chi connectivity index (χ2n) is 2.67. The lowest BCUT2D eigenvalue weighted by atomic mass is 10.2. The highest BCUT2D eigenvalue weighted by atomic mass is 19.1. The van der Waals surface area contributed by atoms with Gasteiger partial charge in [-0.05, 0) is 6.42 Å². The van der Waals surface area contributed by atoms with Crippen molar-refractivity contribution < 1.29 is 4.39 Å². The fourth-order valence-corrected chi connectivity index (χ4v) is 1.17. The predicted molar refractivity (Wildman–Crippen MR) is 43.7 cm³/mol. The molecular formula is C9H12FN. The molecule has 1 aliphatic heterocycles. The van der Waals surface area contributed by atoms with Gasteiger partial charge in [-0.1, -0.05) is 6.08 Å². The summed E-state index contributed by atoms with van der Waals surface area (Å²) >= 11 is 0. The van der Waals surface area contributed by atoms with Gasteiger partial charge in [-0.3, -0.25) is 4.90 Å². The summed E-state index contributed by atoms with van der Waals surface area (Å²) in [6.07, 6.45) is 8.27. The molecule has 0 bridgehead atoms. The van der Waals surface area contributed by atoms with Crippen molar-refractivity contribution in [1.29, 1.82) is 0 Å². The van der Waals surface area contributed by atoms with E-state index in [1.807, 2.05) is 4.90 Å². The lowest BCUT2D eigenvalue weighted by molar-refractivity contribution is 0.273. The van der Waals surface area contributed by atoms with Gasteiger partial charge in [0.25, 0.3) is 0 Å². The van der Waals surface area contributed by atoms with E-state index in [2.05, 4.69) is 5.92 Å². The second kappa shape index (κ2) is 4.15. The Morgan fingerprint density at radius 2 is 2.55 bits per heavy atom. The van der Waals surface area contributed by atoms with Crippen LogP contribution in [0.1, 0.15) is 12.8 Å². The Morgan fingerprint density at radius 1 is 1.73 bits per heavy atom. The minimum atomic E-state index is -0.0201. The van der Waals surface area contributed by atoms with Crippen molar-refractivity contribution in [3.8, 4) is 12.3 Å². The van der Waals surface area contributed by atoms with Crippen LogP contribution in [0, 0.1) is 12.3 Å². The molecule has 0 aromatic heterocycles. The Balaban J connectivity index is 2.28. The van der Waals surface area contributed by atoms with Gasteiger partial charge in [-0.25, -0.2) is 4.39 Å². The Morgan fingerprint density at radius 3 is 3.18 bits per heavy atom. The summed E-state index contributed by atoms with van der Waals surface area (Å²) < 4.78 is 12.6. The number of hydrogen-bond donors (Lipinski definition) is 0. The van der Waals surface area contributed by atoms with Crippen LogP contribution in [0.3, 0.4) is 0 Å². The maximum Gasteiger partial charge on any atom is 0.110 e. The average Bonchev–Trinajstić information content (AvgIpc) is 2.01. The normalized spacial score (nSPS) is 19.1. The topological polar surface area (TPSA) is 3.24 Å². The lowest BCUT2D eigenvalue weighted by Crippen LogP contribution is -2.29. The Labute approximate surface area is 66.9 Å². The van der Waals surface area contributed by atoms with E-state index in [1.165, 1.54) is 0 Å². The Kier molecular flexibility index (Phi) is 3.13. The highest BCUT2D eigenvalue weighted by Gasteiger charge is 2.10. The van der Waals surface area contributed by atoms with Crippen molar-refractivity contribution in [2.24, 2.45) is 0 Å². The summed E-state index contributed by atoms with van der Waals surface area (Å²) in [5.41, 5.74) is 0. The van der Waals surface area contributed by atoms with Gasteiger partial charge < -0.3 is 0 Å². The van der Waals surface area contributed by atoms with Crippen molar-refractivity contribution in [1.82, 2.24) is 4.90 Å². The van der Waals surface area contributed by atoms with E-state index in [-0.39, 0.29) is 5.83 Å². The van der Waals surface area contributed by atoms with E-state index in [9.17, 15) is 4.39 Å². The van der Waals surface area contributed by atoms with E-state index in [4.69, 9.17) is 6.42 Å². The second-order valence-corrected chi connectivity index (χ2v) is 2.67. The van der Waals surface area contributed by atoms with Crippen LogP contribution >= 0.6 is 0 Å². The van der Waals surface area contributed by atoms with Crippen molar-refractivity contribution in [2.75, 3.05) is 19.6 Å². The molecule has 0 amide bonds. The van der Waals surface area contributed by atoms with E-state index < -0.39 is 0 Å². The summed E-state index contributed by atoms with van der Waals surface area (Å²) in [6.45, 7) is 2.20. The molecule has 0 radical (unpaired) electrons. The third kappa shape index (κ3) is 2.73. The third-order valence-corrected chi connectivity index (χ3v) is 1.76. The molecular weight excluding hydrogens is 141 g/mol. The lowest BCUT2D eigenvalue weighted by Gasteiger charge is -2.22. The maximum atomic E-state index is 12.6. The molecule has 0 aliphatic carbocycles. The molecule has 2 heteroatoms. The van der Waals surface area contributed by atoms with Gasteiger partial charge >= 0.3 is 0 Å². The number of hydrogen-bond acceptors (Lipinski definition) is 1. The minimum Gasteiger partial charge on any atom is -0.295 e. The highest BCUT2D eigenvalue weighted by molar-refractivity contribution is 4.99. The molecule has 0 saturated carbocycles. The van der Waals surface area contributed by atoms with Crippen molar-refractivity contribution in [3.63, 3.8) is 0 Å². The summed E-state index contributed by atoms with van der Waals surface area (Å²) in [5.74, 6) is 2.53. The van der Waals surface area contributed by atoms with Crippen LogP contribution in [0.5, 0.6) is 0 Å². The van der Waals surface area contributed by atoms with Crippen molar-refractivity contribution in [2.45, 2.75) is 12.8 Å². The number of nitrogens with zero attached hydrogens (tertiary/aromatic N) is 1. The average molecular weight is 153 g/mol. The first-order valence-electron chi connectivity index (χ1n) is 3.83. The summed E-state index contributed by atoms with van der Waals surface area (Å²) in [4.78, 5) is 2.04. The first kappa shape index (κ1) is 8.29. The molecule has 1 heterocycles. The molecule has 1 nitrogen and oxygen atoms in total. The van der Waals surface area contributed by atoms with Crippen LogP contribution in [0.25, 0.3) is 0 Å². The standard InChI is InChI=1S/C9H12FN/c1-2-3-6-11-7-4-5-9(10)8-11/h1,5H,3-4,6-8H2. The van der Waals surface area contributed by atoms with Gasteiger partial charge in [0.2, 0.25) is 0 Å². The molecule has 0 aromatic rings.